The van der Waals surface area contributed by atoms with Crippen LogP contribution in [0.4, 0.5) is 0 Å². The molecule has 6 heteroatoms. The van der Waals surface area contributed by atoms with Crippen molar-refractivity contribution in [1.29, 1.82) is 0 Å². The monoisotopic (exact) mass is 349 g/mol. The van der Waals surface area contributed by atoms with Gasteiger partial charge in [0.15, 0.2) is 0 Å². The van der Waals surface area contributed by atoms with Gasteiger partial charge < -0.3 is 14.8 Å². The van der Waals surface area contributed by atoms with Crippen LogP contribution in [-0.2, 0) is 19.1 Å². The first-order chi connectivity index (χ1) is 11.3. The zero-order valence-corrected chi connectivity index (χ0v) is 15.1. The molecule has 0 aliphatic carbocycles. The number of esters is 2. The lowest BCUT2D eigenvalue weighted by atomic mass is 9.79. The number of aryl methyl sites for hydroxylation is 1. The minimum atomic E-state index is -0.653. The quantitative estimate of drug-likeness (QED) is 0.849. The van der Waals surface area contributed by atoms with Crippen molar-refractivity contribution >= 4 is 23.5 Å². The van der Waals surface area contributed by atoms with E-state index >= 15 is 0 Å². The van der Waals surface area contributed by atoms with Gasteiger partial charge in [0.1, 0.15) is 0 Å². The number of carbonyl (C=O) groups is 2. The van der Waals surface area contributed by atoms with E-state index in [1.54, 1.807) is 19.9 Å². The summed E-state index contributed by atoms with van der Waals surface area (Å²) in [7, 11) is 2.62. The van der Waals surface area contributed by atoms with Crippen molar-refractivity contribution in [3.05, 3.63) is 56.9 Å². The van der Waals surface area contributed by atoms with Crippen LogP contribution in [0.5, 0.6) is 0 Å². The molecule has 1 heterocycles. The molecule has 0 unspecified atom stereocenters. The van der Waals surface area contributed by atoms with Gasteiger partial charge in [0.2, 0.25) is 0 Å². The predicted molar refractivity (Wildman–Crippen MR) is 91.5 cm³/mol. The number of carbonyl (C=O) groups excluding carboxylic acids is 2. The molecule has 1 aliphatic heterocycles. The molecule has 0 spiro atoms. The van der Waals surface area contributed by atoms with Crippen molar-refractivity contribution in [2.24, 2.45) is 0 Å². The summed E-state index contributed by atoms with van der Waals surface area (Å²) in [6.45, 7) is 5.42. The van der Waals surface area contributed by atoms with Gasteiger partial charge >= 0.3 is 11.9 Å². The third kappa shape index (κ3) is 3.04. The van der Waals surface area contributed by atoms with Gasteiger partial charge in [-0.1, -0.05) is 23.7 Å². The van der Waals surface area contributed by atoms with Crippen LogP contribution in [0, 0.1) is 6.92 Å². The van der Waals surface area contributed by atoms with E-state index in [9.17, 15) is 9.59 Å². The van der Waals surface area contributed by atoms with Gasteiger partial charge in [-0.2, -0.15) is 0 Å². The van der Waals surface area contributed by atoms with Gasteiger partial charge in [-0.05, 0) is 38.0 Å². The van der Waals surface area contributed by atoms with Crippen molar-refractivity contribution in [3.8, 4) is 0 Å². The van der Waals surface area contributed by atoms with Crippen LogP contribution in [0.15, 0.2) is 40.7 Å². The minimum absolute atomic E-state index is 0.347. The van der Waals surface area contributed by atoms with Crippen LogP contribution in [0.25, 0.3) is 0 Å². The topological polar surface area (TPSA) is 64.6 Å². The fraction of sp³-hybridized carbons (Fsp3) is 0.333. The first kappa shape index (κ1) is 18.1. The molecular weight excluding hydrogens is 330 g/mol. The van der Waals surface area contributed by atoms with Crippen molar-refractivity contribution in [3.63, 3.8) is 0 Å². The number of halogens is 1. The lowest BCUT2D eigenvalue weighted by molar-refractivity contribution is -0.137. The number of rotatable bonds is 3. The van der Waals surface area contributed by atoms with Gasteiger partial charge in [0.25, 0.3) is 0 Å². The average Bonchev–Trinajstić information content (AvgIpc) is 2.53. The van der Waals surface area contributed by atoms with Crippen LogP contribution in [-0.4, -0.2) is 26.2 Å². The maximum atomic E-state index is 12.4. The normalized spacial score (nSPS) is 15.2. The molecule has 1 aromatic rings. The number of allylic oxidation sites excluding steroid dienone is 2. The summed E-state index contributed by atoms with van der Waals surface area (Å²) in [5.41, 5.74) is 3.50. The van der Waals surface area contributed by atoms with Crippen LogP contribution < -0.4 is 5.32 Å². The molecule has 1 aliphatic rings. The van der Waals surface area contributed by atoms with Crippen LogP contribution in [0.2, 0.25) is 5.02 Å². The Kier molecular flexibility index (Phi) is 5.34. The molecule has 0 radical (unpaired) electrons. The summed E-state index contributed by atoms with van der Waals surface area (Å²) in [6, 6.07) is 5.45. The smallest absolute Gasteiger partial charge is 0.336 e. The highest BCUT2D eigenvalue weighted by atomic mass is 35.5. The highest BCUT2D eigenvalue weighted by Crippen LogP contribution is 2.43. The third-order valence-corrected chi connectivity index (χ3v) is 4.46. The standard InChI is InChI=1S/C18H20ClNO4/c1-9-7-6-8-12(19)13(9)16-14(17(21)23-4)10(2)20-11(3)15(16)18(22)24-5/h6-8,16,20H,1-5H3. The predicted octanol–water partition coefficient (Wildman–Crippen LogP) is 3.23. The summed E-state index contributed by atoms with van der Waals surface area (Å²) in [5.74, 6) is -1.68. The fourth-order valence-corrected chi connectivity index (χ4v) is 3.39. The second-order valence-corrected chi connectivity index (χ2v) is 6.00. The van der Waals surface area contributed by atoms with Crippen molar-refractivity contribution in [1.82, 2.24) is 5.32 Å². The Bertz CT molecular complexity index is 706. The first-order valence-corrected chi connectivity index (χ1v) is 7.81. The number of hydrogen-bond acceptors (Lipinski definition) is 5. The molecule has 1 aromatic carbocycles. The molecule has 0 atom stereocenters. The summed E-state index contributed by atoms with van der Waals surface area (Å²) in [5, 5.41) is 3.54. The van der Waals surface area contributed by atoms with E-state index in [0.717, 1.165) is 5.56 Å². The Morgan fingerprint density at radius 3 is 1.92 bits per heavy atom. The Morgan fingerprint density at radius 1 is 1.00 bits per heavy atom. The van der Waals surface area contributed by atoms with Gasteiger partial charge in [0, 0.05) is 16.4 Å². The highest BCUT2D eigenvalue weighted by molar-refractivity contribution is 6.31. The second kappa shape index (κ2) is 7.09. The molecule has 0 bridgehead atoms. The van der Waals surface area contributed by atoms with Gasteiger partial charge in [-0.25, -0.2) is 9.59 Å². The summed E-state index contributed by atoms with van der Waals surface area (Å²) in [6.07, 6.45) is 0. The summed E-state index contributed by atoms with van der Waals surface area (Å²) in [4.78, 5) is 24.8. The maximum absolute atomic E-state index is 12.4. The average molecular weight is 350 g/mol. The highest BCUT2D eigenvalue weighted by Gasteiger charge is 2.39. The molecule has 2 rings (SSSR count). The van der Waals surface area contributed by atoms with Gasteiger partial charge in [-0.3, -0.25) is 0 Å². The van der Waals surface area contributed by atoms with E-state index in [2.05, 4.69) is 5.32 Å². The molecule has 0 saturated carbocycles. The Morgan fingerprint density at radius 2 is 1.50 bits per heavy atom. The lowest BCUT2D eigenvalue weighted by Crippen LogP contribution is -2.32. The van der Waals surface area contributed by atoms with Gasteiger partial charge in [0.05, 0.1) is 31.3 Å². The van der Waals surface area contributed by atoms with Crippen LogP contribution in [0.1, 0.15) is 30.9 Å². The van der Waals surface area contributed by atoms with E-state index in [1.807, 2.05) is 19.1 Å². The Labute approximate surface area is 146 Å². The molecular formula is C18H20ClNO4. The number of ether oxygens (including phenoxy) is 2. The zero-order valence-electron chi connectivity index (χ0n) is 14.3. The van der Waals surface area contributed by atoms with E-state index in [0.29, 0.717) is 33.1 Å². The summed E-state index contributed by atoms with van der Waals surface area (Å²) >= 11 is 6.41. The number of hydrogen-bond donors (Lipinski definition) is 1. The van der Waals surface area contributed by atoms with Crippen molar-refractivity contribution in [2.45, 2.75) is 26.7 Å². The third-order valence-electron chi connectivity index (χ3n) is 4.13. The SMILES string of the molecule is COC(=O)C1=C(C)NC(C)=C(C(=O)OC)C1c1c(C)cccc1Cl. The Balaban J connectivity index is 2.80. The molecule has 1 N–H and O–H groups in total. The second-order valence-electron chi connectivity index (χ2n) is 5.59. The van der Waals surface area contributed by atoms with Crippen LogP contribution >= 0.6 is 11.6 Å². The van der Waals surface area contributed by atoms with Crippen molar-refractivity contribution in [2.75, 3.05) is 14.2 Å². The molecule has 128 valence electrons. The fourth-order valence-electron chi connectivity index (χ4n) is 3.05. The first-order valence-electron chi connectivity index (χ1n) is 7.43. The van der Waals surface area contributed by atoms with Crippen molar-refractivity contribution < 1.29 is 19.1 Å². The van der Waals surface area contributed by atoms with E-state index in [1.165, 1.54) is 14.2 Å². The van der Waals surface area contributed by atoms with Gasteiger partial charge in [-0.15, -0.1) is 0 Å². The molecule has 0 saturated heterocycles. The Hall–Kier alpha value is -2.27. The number of dihydropyridines is 1. The molecule has 0 aromatic heterocycles. The van der Waals surface area contributed by atoms with Crippen LogP contribution in [0.3, 0.4) is 0 Å². The zero-order chi connectivity index (χ0) is 18.0. The molecule has 0 fully saturated rings. The minimum Gasteiger partial charge on any atom is -0.466 e. The lowest BCUT2D eigenvalue weighted by Gasteiger charge is -2.31. The number of nitrogens with one attached hydrogen (secondary N) is 1. The number of benzene rings is 1. The van der Waals surface area contributed by atoms with E-state index in [4.69, 9.17) is 21.1 Å². The largest absolute Gasteiger partial charge is 0.466 e. The molecule has 24 heavy (non-hydrogen) atoms. The molecule has 0 amide bonds. The van der Waals surface area contributed by atoms with E-state index < -0.39 is 17.9 Å². The van der Waals surface area contributed by atoms with E-state index in [-0.39, 0.29) is 0 Å². The maximum Gasteiger partial charge on any atom is 0.336 e. The number of methoxy groups -OCH3 is 2. The molecule has 5 nitrogen and oxygen atoms in total. The summed E-state index contributed by atoms with van der Waals surface area (Å²) < 4.78 is 9.87.